The molecule has 0 aliphatic carbocycles. The molecule has 190 valence electrons. The first-order chi connectivity index (χ1) is 17.8. The van der Waals surface area contributed by atoms with Gasteiger partial charge in [-0.25, -0.2) is 4.98 Å². The van der Waals surface area contributed by atoms with E-state index in [1.165, 1.54) is 17.0 Å². The summed E-state index contributed by atoms with van der Waals surface area (Å²) in [6, 6.07) is 12.9. The number of aromatic nitrogens is 3. The second-order valence-electron chi connectivity index (χ2n) is 8.88. The standard InChI is InChI=1S/C26H24Cl2N6O3/c1-32-9-11-33(12-10-32)17-7-5-16(6-8-17)30-26-29-13-18-24(37)19(23-20(27)3-2-4-21(23)28)14-34(15-22(35)36)25(18)31-26/h2-8,13-14H,9-12,15H2,1H3,(H,35,36)(H,29,30,31). The van der Waals surface area contributed by atoms with E-state index in [2.05, 4.69) is 32.1 Å². The van der Waals surface area contributed by atoms with Crippen LogP contribution in [0, 0.1) is 0 Å². The van der Waals surface area contributed by atoms with Crippen molar-refractivity contribution in [1.29, 1.82) is 0 Å². The average Bonchev–Trinajstić information content (AvgIpc) is 2.87. The lowest BCUT2D eigenvalue weighted by molar-refractivity contribution is -0.137. The van der Waals surface area contributed by atoms with Gasteiger partial charge in [-0.05, 0) is 43.4 Å². The van der Waals surface area contributed by atoms with Gasteiger partial charge in [0.05, 0.1) is 15.4 Å². The molecule has 0 atom stereocenters. The van der Waals surface area contributed by atoms with Crippen LogP contribution in [-0.4, -0.2) is 63.7 Å². The van der Waals surface area contributed by atoms with E-state index in [0.717, 1.165) is 37.6 Å². The lowest BCUT2D eigenvalue weighted by Crippen LogP contribution is -2.44. The van der Waals surface area contributed by atoms with Crippen LogP contribution < -0.4 is 15.6 Å². The molecule has 1 saturated heterocycles. The molecular formula is C26H24Cl2N6O3. The van der Waals surface area contributed by atoms with Crippen LogP contribution in [0.3, 0.4) is 0 Å². The number of halogens is 2. The number of anilines is 3. The zero-order chi connectivity index (χ0) is 26.1. The van der Waals surface area contributed by atoms with Crippen LogP contribution in [0.1, 0.15) is 0 Å². The van der Waals surface area contributed by atoms with Crippen molar-refractivity contribution in [2.24, 2.45) is 0 Å². The number of likely N-dealkylation sites (N-methyl/N-ethyl adjacent to an activating group) is 1. The van der Waals surface area contributed by atoms with Crippen molar-refractivity contribution in [2.45, 2.75) is 6.54 Å². The quantitative estimate of drug-likeness (QED) is 0.373. The van der Waals surface area contributed by atoms with Gasteiger partial charge in [0.25, 0.3) is 0 Å². The summed E-state index contributed by atoms with van der Waals surface area (Å²) in [4.78, 5) is 38.4. The monoisotopic (exact) mass is 538 g/mol. The Morgan fingerprint density at radius 3 is 2.38 bits per heavy atom. The number of pyridine rings is 1. The molecule has 2 aromatic heterocycles. The Balaban J connectivity index is 1.49. The molecule has 5 rings (SSSR count). The molecule has 0 bridgehead atoms. The van der Waals surface area contributed by atoms with Crippen molar-refractivity contribution in [3.63, 3.8) is 0 Å². The van der Waals surface area contributed by atoms with Gasteiger partial charge in [0.1, 0.15) is 12.2 Å². The number of carboxylic acids is 1. The SMILES string of the molecule is CN1CCN(c2ccc(Nc3ncc4c(=O)c(-c5c(Cl)cccc5Cl)cn(CC(=O)O)c4n3)cc2)CC1. The largest absolute Gasteiger partial charge is 0.480 e. The van der Waals surface area contributed by atoms with Gasteiger partial charge in [0.15, 0.2) is 0 Å². The van der Waals surface area contributed by atoms with Gasteiger partial charge >= 0.3 is 5.97 Å². The highest BCUT2D eigenvalue weighted by atomic mass is 35.5. The number of nitrogens with zero attached hydrogens (tertiary/aromatic N) is 5. The van der Waals surface area contributed by atoms with Crippen LogP contribution in [-0.2, 0) is 11.3 Å². The number of aliphatic carboxylic acids is 1. The third-order valence-electron chi connectivity index (χ3n) is 6.34. The Labute approximate surface area is 222 Å². The van der Waals surface area contributed by atoms with E-state index in [0.29, 0.717) is 5.56 Å². The minimum atomic E-state index is -1.09. The number of hydrogen-bond acceptors (Lipinski definition) is 7. The third kappa shape index (κ3) is 5.24. The van der Waals surface area contributed by atoms with Crippen molar-refractivity contribution in [1.82, 2.24) is 19.4 Å². The molecule has 1 fully saturated rings. The zero-order valence-corrected chi connectivity index (χ0v) is 21.5. The third-order valence-corrected chi connectivity index (χ3v) is 6.97. The molecular weight excluding hydrogens is 515 g/mol. The van der Waals surface area contributed by atoms with E-state index in [1.54, 1.807) is 18.2 Å². The predicted molar refractivity (Wildman–Crippen MR) is 146 cm³/mol. The summed E-state index contributed by atoms with van der Waals surface area (Å²) in [5, 5.41) is 13.4. The van der Waals surface area contributed by atoms with Gasteiger partial charge in [0, 0.05) is 61.1 Å². The molecule has 0 unspecified atom stereocenters. The van der Waals surface area contributed by atoms with E-state index in [9.17, 15) is 14.7 Å². The van der Waals surface area contributed by atoms with Gasteiger partial charge in [-0.2, -0.15) is 4.98 Å². The Morgan fingerprint density at radius 2 is 1.73 bits per heavy atom. The molecule has 0 amide bonds. The molecule has 1 aliphatic rings. The van der Waals surface area contributed by atoms with Crippen molar-refractivity contribution in [3.8, 4) is 11.1 Å². The van der Waals surface area contributed by atoms with Crippen LogP contribution in [0.25, 0.3) is 22.2 Å². The molecule has 0 saturated carbocycles. The van der Waals surface area contributed by atoms with Crippen LogP contribution in [0.4, 0.5) is 17.3 Å². The molecule has 0 spiro atoms. The fraction of sp³-hybridized carbons (Fsp3) is 0.231. The maximum atomic E-state index is 13.4. The van der Waals surface area contributed by atoms with Gasteiger partial charge < -0.3 is 24.8 Å². The number of piperazine rings is 1. The van der Waals surface area contributed by atoms with Crippen LogP contribution in [0.5, 0.6) is 0 Å². The van der Waals surface area contributed by atoms with E-state index in [1.807, 2.05) is 24.3 Å². The fourth-order valence-electron chi connectivity index (χ4n) is 4.38. The van der Waals surface area contributed by atoms with Crippen molar-refractivity contribution < 1.29 is 9.90 Å². The van der Waals surface area contributed by atoms with Gasteiger partial charge in [-0.15, -0.1) is 0 Å². The predicted octanol–water partition coefficient (Wildman–Crippen LogP) is 4.35. The average molecular weight is 539 g/mol. The van der Waals surface area contributed by atoms with E-state index >= 15 is 0 Å². The normalized spacial score (nSPS) is 14.2. The first kappa shape index (κ1) is 25.0. The van der Waals surface area contributed by atoms with Crippen LogP contribution in [0.2, 0.25) is 10.0 Å². The number of hydrogen-bond donors (Lipinski definition) is 2. The van der Waals surface area contributed by atoms with Crippen LogP contribution in [0.15, 0.2) is 59.7 Å². The molecule has 2 aromatic carbocycles. The molecule has 1 aliphatic heterocycles. The number of nitrogens with one attached hydrogen (secondary N) is 1. The molecule has 4 aromatic rings. The minimum Gasteiger partial charge on any atom is -0.480 e. The van der Waals surface area contributed by atoms with Crippen LogP contribution >= 0.6 is 23.2 Å². The highest BCUT2D eigenvalue weighted by molar-refractivity contribution is 6.39. The Bertz CT molecular complexity index is 1510. The molecule has 11 heteroatoms. The number of carboxylic acid groups (broad SMARTS) is 1. The molecule has 2 N–H and O–H groups in total. The summed E-state index contributed by atoms with van der Waals surface area (Å²) < 4.78 is 1.39. The first-order valence-electron chi connectivity index (χ1n) is 11.7. The van der Waals surface area contributed by atoms with Crippen molar-refractivity contribution in [3.05, 3.63) is 75.1 Å². The topological polar surface area (TPSA) is 104 Å². The van der Waals surface area contributed by atoms with E-state index < -0.39 is 17.9 Å². The lowest BCUT2D eigenvalue weighted by Gasteiger charge is -2.34. The lowest BCUT2D eigenvalue weighted by atomic mass is 10.1. The molecule has 0 radical (unpaired) electrons. The van der Waals surface area contributed by atoms with Crippen molar-refractivity contribution in [2.75, 3.05) is 43.4 Å². The Morgan fingerprint density at radius 1 is 1.05 bits per heavy atom. The Hall–Kier alpha value is -3.66. The number of benzene rings is 2. The fourth-order valence-corrected chi connectivity index (χ4v) is 4.98. The summed E-state index contributed by atoms with van der Waals surface area (Å²) in [6.45, 7) is 3.57. The number of fused-ring (bicyclic) bond motifs is 1. The smallest absolute Gasteiger partial charge is 0.323 e. The van der Waals surface area contributed by atoms with E-state index in [-0.39, 0.29) is 32.6 Å². The summed E-state index contributed by atoms with van der Waals surface area (Å²) in [5.41, 5.74) is 2.20. The highest BCUT2D eigenvalue weighted by Gasteiger charge is 2.19. The number of rotatable bonds is 6. The van der Waals surface area contributed by atoms with Gasteiger partial charge in [0.2, 0.25) is 11.4 Å². The van der Waals surface area contributed by atoms with Gasteiger partial charge in [-0.3, -0.25) is 9.59 Å². The summed E-state index contributed by atoms with van der Waals surface area (Å²) in [6.07, 6.45) is 2.81. The first-order valence-corrected chi connectivity index (χ1v) is 12.4. The zero-order valence-electron chi connectivity index (χ0n) is 20.0. The summed E-state index contributed by atoms with van der Waals surface area (Å²) in [7, 11) is 2.12. The second kappa shape index (κ2) is 10.4. The Kier molecular flexibility index (Phi) is 7.01. The van der Waals surface area contributed by atoms with Crippen molar-refractivity contribution >= 4 is 57.5 Å². The maximum Gasteiger partial charge on any atom is 0.323 e. The van der Waals surface area contributed by atoms with Gasteiger partial charge in [-0.1, -0.05) is 29.3 Å². The van der Waals surface area contributed by atoms with E-state index in [4.69, 9.17) is 23.2 Å². The molecule has 37 heavy (non-hydrogen) atoms. The second-order valence-corrected chi connectivity index (χ2v) is 9.70. The summed E-state index contributed by atoms with van der Waals surface area (Å²) >= 11 is 12.7. The molecule has 9 nitrogen and oxygen atoms in total. The summed E-state index contributed by atoms with van der Waals surface area (Å²) in [5.74, 6) is -0.851. The minimum absolute atomic E-state index is 0.158. The molecule has 3 heterocycles. The maximum absolute atomic E-state index is 13.4. The highest BCUT2D eigenvalue weighted by Crippen LogP contribution is 2.33. The number of carbonyl (C=O) groups is 1.